The number of carboxylic acids is 1. The summed E-state index contributed by atoms with van der Waals surface area (Å²) in [6.45, 7) is 1.55. The lowest BCUT2D eigenvalue weighted by Gasteiger charge is -2.07. The van der Waals surface area contributed by atoms with Gasteiger partial charge in [-0.1, -0.05) is 12.1 Å². The Morgan fingerprint density at radius 2 is 1.83 bits per heavy atom. The van der Waals surface area contributed by atoms with Crippen LogP contribution in [0.1, 0.15) is 21.6 Å². The van der Waals surface area contributed by atoms with Gasteiger partial charge in [0.05, 0.1) is 17.0 Å². The SMILES string of the molecule is Cc1nn2ccc(-c3ccc(C(F)(F)F)cc3)nc2c1C(=O)O. The number of alkyl halides is 3. The summed E-state index contributed by atoms with van der Waals surface area (Å²) >= 11 is 0. The molecular formula is C15H10F3N3O2. The van der Waals surface area contributed by atoms with Crippen molar-refractivity contribution in [3.8, 4) is 11.3 Å². The van der Waals surface area contributed by atoms with Crippen LogP contribution in [0.5, 0.6) is 0 Å². The number of halogens is 3. The molecule has 1 aromatic carbocycles. The molecule has 118 valence electrons. The predicted octanol–water partition coefficient (Wildman–Crippen LogP) is 3.42. The average Bonchev–Trinajstić information content (AvgIpc) is 2.81. The predicted molar refractivity (Wildman–Crippen MR) is 75.1 cm³/mol. The molecule has 3 aromatic rings. The van der Waals surface area contributed by atoms with Gasteiger partial charge in [-0.25, -0.2) is 14.3 Å². The molecule has 0 saturated carbocycles. The Balaban J connectivity index is 2.10. The molecule has 0 radical (unpaired) electrons. The summed E-state index contributed by atoms with van der Waals surface area (Å²) in [6.07, 6.45) is -2.89. The molecule has 0 aliphatic heterocycles. The molecule has 3 rings (SSSR count). The third kappa shape index (κ3) is 2.63. The van der Waals surface area contributed by atoms with Crippen molar-refractivity contribution in [3.63, 3.8) is 0 Å². The van der Waals surface area contributed by atoms with Crippen molar-refractivity contribution in [2.75, 3.05) is 0 Å². The van der Waals surface area contributed by atoms with Crippen molar-refractivity contribution in [2.24, 2.45) is 0 Å². The number of aromatic nitrogens is 3. The van der Waals surface area contributed by atoms with E-state index in [9.17, 15) is 23.1 Å². The fraction of sp³-hybridized carbons (Fsp3) is 0.133. The third-order valence-corrected chi connectivity index (χ3v) is 3.38. The largest absolute Gasteiger partial charge is 0.477 e. The number of nitrogens with zero attached hydrogens (tertiary/aromatic N) is 3. The maximum absolute atomic E-state index is 12.6. The van der Waals surface area contributed by atoms with Crippen LogP contribution in [0.3, 0.4) is 0 Å². The maximum Gasteiger partial charge on any atom is 0.416 e. The molecule has 0 aliphatic rings. The highest BCUT2D eigenvalue weighted by Crippen LogP contribution is 2.30. The molecule has 2 aromatic heterocycles. The Labute approximate surface area is 128 Å². The van der Waals surface area contributed by atoms with Crippen LogP contribution in [0.15, 0.2) is 36.5 Å². The summed E-state index contributed by atoms with van der Waals surface area (Å²) in [5, 5.41) is 13.3. The van der Waals surface area contributed by atoms with Crippen LogP contribution in [0.25, 0.3) is 16.9 Å². The number of carbonyl (C=O) groups is 1. The van der Waals surface area contributed by atoms with Gasteiger partial charge in [0.2, 0.25) is 0 Å². The molecule has 0 atom stereocenters. The molecule has 8 heteroatoms. The van der Waals surface area contributed by atoms with E-state index in [1.54, 1.807) is 13.0 Å². The molecule has 2 heterocycles. The third-order valence-electron chi connectivity index (χ3n) is 3.38. The van der Waals surface area contributed by atoms with E-state index >= 15 is 0 Å². The highest BCUT2D eigenvalue weighted by molar-refractivity contribution is 5.96. The number of hydrogen-bond acceptors (Lipinski definition) is 3. The highest BCUT2D eigenvalue weighted by Gasteiger charge is 2.30. The zero-order valence-corrected chi connectivity index (χ0v) is 11.8. The maximum atomic E-state index is 12.6. The molecule has 0 amide bonds. The first-order valence-corrected chi connectivity index (χ1v) is 6.54. The zero-order chi connectivity index (χ0) is 16.8. The normalized spacial score (nSPS) is 11.8. The van der Waals surface area contributed by atoms with Crippen molar-refractivity contribution < 1.29 is 23.1 Å². The minimum Gasteiger partial charge on any atom is -0.477 e. The fourth-order valence-corrected chi connectivity index (χ4v) is 2.28. The molecule has 0 fully saturated rings. The average molecular weight is 321 g/mol. The van der Waals surface area contributed by atoms with Crippen LogP contribution in [0.2, 0.25) is 0 Å². The monoisotopic (exact) mass is 321 g/mol. The van der Waals surface area contributed by atoms with E-state index in [0.29, 0.717) is 17.0 Å². The van der Waals surface area contributed by atoms with Crippen LogP contribution < -0.4 is 0 Å². The van der Waals surface area contributed by atoms with E-state index in [0.717, 1.165) is 12.1 Å². The molecule has 0 spiro atoms. The smallest absolute Gasteiger partial charge is 0.416 e. The number of fused-ring (bicyclic) bond motifs is 1. The summed E-state index contributed by atoms with van der Waals surface area (Å²) in [5.41, 5.74) is 0.499. The van der Waals surface area contributed by atoms with Gasteiger partial charge in [0.1, 0.15) is 5.56 Å². The standard InChI is InChI=1S/C15H10F3N3O2/c1-8-12(14(22)23)13-19-11(6-7-21(13)20-8)9-2-4-10(5-3-9)15(16,17)18/h2-7H,1H3,(H,22,23). The van der Waals surface area contributed by atoms with Gasteiger partial charge < -0.3 is 5.11 Å². The molecule has 0 unspecified atom stereocenters. The minimum atomic E-state index is -4.41. The van der Waals surface area contributed by atoms with Crippen molar-refractivity contribution in [3.05, 3.63) is 53.3 Å². The molecule has 5 nitrogen and oxygen atoms in total. The summed E-state index contributed by atoms with van der Waals surface area (Å²) in [5.74, 6) is -1.16. The second-order valence-corrected chi connectivity index (χ2v) is 4.92. The topological polar surface area (TPSA) is 67.5 Å². The Morgan fingerprint density at radius 1 is 1.17 bits per heavy atom. The molecule has 0 saturated heterocycles. The highest BCUT2D eigenvalue weighted by atomic mass is 19.4. The summed E-state index contributed by atoms with van der Waals surface area (Å²) in [7, 11) is 0. The summed E-state index contributed by atoms with van der Waals surface area (Å²) in [4.78, 5) is 15.5. The van der Waals surface area contributed by atoms with Crippen LogP contribution in [-0.2, 0) is 6.18 Å². The molecule has 23 heavy (non-hydrogen) atoms. The quantitative estimate of drug-likeness (QED) is 0.785. The Bertz CT molecular complexity index is 899. The first kappa shape index (κ1) is 15.0. The van der Waals surface area contributed by atoms with Crippen LogP contribution in [-0.4, -0.2) is 25.7 Å². The second kappa shape index (κ2) is 5.08. The van der Waals surface area contributed by atoms with Crippen LogP contribution >= 0.6 is 0 Å². The first-order valence-electron chi connectivity index (χ1n) is 6.54. The Kier molecular flexibility index (Phi) is 3.32. The summed E-state index contributed by atoms with van der Waals surface area (Å²) in [6, 6.07) is 6.08. The number of aromatic carboxylic acids is 1. The number of carboxylic acid groups (broad SMARTS) is 1. The lowest BCUT2D eigenvalue weighted by Crippen LogP contribution is -2.04. The lowest BCUT2D eigenvalue weighted by atomic mass is 10.1. The van der Waals surface area contributed by atoms with Crippen molar-refractivity contribution in [2.45, 2.75) is 13.1 Å². The van der Waals surface area contributed by atoms with Gasteiger partial charge in [0.15, 0.2) is 5.65 Å². The molecule has 1 N–H and O–H groups in total. The first-order chi connectivity index (χ1) is 10.8. The van der Waals surface area contributed by atoms with E-state index in [1.807, 2.05) is 0 Å². The van der Waals surface area contributed by atoms with Crippen molar-refractivity contribution in [1.29, 1.82) is 0 Å². The van der Waals surface area contributed by atoms with E-state index in [4.69, 9.17) is 0 Å². The second-order valence-electron chi connectivity index (χ2n) is 4.92. The lowest BCUT2D eigenvalue weighted by molar-refractivity contribution is -0.137. The fourth-order valence-electron chi connectivity index (χ4n) is 2.28. The summed E-state index contributed by atoms with van der Waals surface area (Å²) < 4.78 is 39.1. The molecular weight excluding hydrogens is 311 g/mol. The Hall–Kier alpha value is -2.90. The van der Waals surface area contributed by atoms with Gasteiger partial charge in [-0.15, -0.1) is 0 Å². The number of benzene rings is 1. The van der Waals surface area contributed by atoms with Crippen molar-refractivity contribution in [1.82, 2.24) is 14.6 Å². The van der Waals surface area contributed by atoms with E-state index in [2.05, 4.69) is 10.1 Å². The van der Waals surface area contributed by atoms with Gasteiger partial charge in [-0.2, -0.15) is 18.3 Å². The van der Waals surface area contributed by atoms with Gasteiger partial charge >= 0.3 is 12.1 Å². The van der Waals surface area contributed by atoms with Gasteiger partial charge in [0.25, 0.3) is 0 Å². The molecule has 0 bridgehead atoms. The van der Waals surface area contributed by atoms with E-state index < -0.39 is 17.7 Å². The van der Waals surface area contributed by atoms with E-state index in [-0.39, 0.29) is 11.2 Å². The van der Waals surface area contributed by atoms with Crippen molar-refractivity contribution >= 4 is 11.6 Å². The van der Waals surface area contributed by atoms with Gasteiger partial charge in [0, 0.05) is 11.8 Å². The zero-order valence-electron chi connectivity index (χ0n) is 11.8. The minimum absolute atomic E-state index is 0.0289. The van der Waals surface area contributed by atoms with Gasteiger partial charge in [-0.05, 0) is 25.1 Å². The van der Waals surface area contributed by atoms with E-state index in [1.165, 1.54) is 22.8 Å². The number of rotatable bonds is 2. The van der Waals surface area contributed by atoms with Crippen LogP contribution in [0, 0.1) is 6.92 Å². The van der Waals surface area contributed by atoms with Gasteiger partial charge in [-0.3, -0.25) is 0 Å². The molecule has 0 aliphatic carbocycles. The number of aryl methyl sites for hydroxylation is 1. The van der Waals surface area contributed by atoms with Crippen LogP contribution in [0.4, 0.5) is 13.2 Å². The number of hydrogen-bond donors (Lipinski definition) is 1. The Morgan fingerprint density at radius 3 is 2.39 bits per heavy atom.